The third kappa shape index (κ3) is 4.34. The second-order valence-corrected chi connectivity index (χ2v) is 7.81. The van der Waals surface area contributed by atoms with Gasteiger partial charge in [-0.15, -0.1) is 0 Å². The Morgan fingerprint density at radius 1 is 1.33 bits per heavy atom. The normalized spacial score (nSPS) is 12.0. The molecule has 9 heteroatoms. The number of allylic oxidation sites excluding steroid dienone is 1. The molecule has 0 saturated heterocycles. The highest BCUT2D eigenvalue weighted by atomic mass is 32.2. The van der Waals surface area contributed by atoms with Crippen molar-refractivity contribution in [1.29, 1.82) is 0 Å². The quantitative estimate of drug-likeness (QED) is 0.512. The largest absolute Gasteiger partial charge is 0.431 e. The molecule has 0 radical (unpaired) electrons. The first-order valence-corrected chi connectivity index (χ1v) is 9.85. The van der Waals surface area contributed by atoms with Crippen molar-refractivity contribution in [1.82, 2.24) is 9.29 Å². The van der Waals surface area contributed by atoms with Crippen molar-refractivity contribution >= 4 is 32.9 Å². The van der Waals surface area contributed by atoms with E-state index in [0.29, 0.717) is 35.2 Å². The van der Waals surface area contributed by atoms with E-state index in [-0.39, 0.29) is 11.3 Å². The minimum atomic E-state index is -3.56. The number of halogens is 2. The van der Waals surface area contributed by atoms with Gasteiger partial charge in [0.2, 0.25) is 10.0 Å². The molecule has 2 rings (SSSR count). The van der Waals surface area contributed by atoms with E-state index >= 15 is 0 Å². The molecule has 0 fully saturated rings. The number of thioether (sulfide) groups is 1. The van der Waals surface area contributed by atoms with Gasteiger partial charge in [0.15, 0.2) is 5.58 Å². The van der Waals surface area contributed by atoms with E-state index in [1.165, 1.54) is 28.2 Å². The summed E-state index contributed by atoms with van der Waals surface area (Å²) in [5.41, 5.74) is 0.890. The van der Waals surface area contributed by atoms with Crippen LogP contribution in [0.4, 0.5) is 8.78 Å². The second kappa shape index (κ2) is 8.09. The van der Waals surface area contributed by atoms with Crippen LogP contribution in [0, 0.1) is 0 Å². The van der Waals surface area contributed by atoms with Gasteiger partial charge < -0.3 is 4.42 Å². The Morgan fingerprint density at radius 3 is 2.67 bits per heavy atom. The monoisotopic (exact) mass is 376 g/mol. The van der Waals surface area contributed by atoms with Gasteiger partial charge in [-0.2, -0.15) is 13.1 Å². The van der Waals surface area contributed by atoms with Gasteiger partial charge in [-0.05, 0) is 30.7 Å². The summed E-state index contributed by atoms with van der Waals surface area (Å²) in [4.78, 5) is 4.38. The van der Waals surface area contributed by atoms with Crippen LogP contribution >= 0.6 is 11.8 Å². The molecule has 1 heterocycles. The number of hydrogen-bond donors (Lipinski definition) is 0. The number of rotatable bonds is 8. The van der Waals surface area contributed by atoms with E-state index in [2.05, 4.69) is 4.98 Å². The van der Waals surface area contributed by atoms with Crippen molar-refractivity contribution in [2.24, 2.45) is 0 Å². The van der Waals surface area contributed by atoms with Gasteiger partial charge in [-0.1, -0.05) is 25.6 Å². The molecule has 0 unspecified atom stereocenters. The van der Waals surface area contributed by atoms with Crippen LogP contribution in [0.15, 0.2) is 44.9 Å². The zero-order valence-corrected chi connectivity index (χ0v) is 15.0. The van der Waals surface area contributed by atoms with Gasteiger partial charge in [-0.3, -0.25) is 0 Å². The summed E-state index contributed by atoms with van der Waals surface area (Å²) < 4.78 is 55.8. The first-order chi connectivity index (χ1) is 11.4. The van der Waals surface area contributed by atoms with Crippen LogP contribution in [-0.4, -0.2) is 36.5 Å². The maximum absolute atomic E-state index is 12.5. The molecular weight excluding hydrogens is 358 g/mol. The molecule has 5 nitrogen and oxygen atoms in total. The summed E-state index contributed by atoms with van der Waals surface area (Å²) in [7, 11) is -3.56. The zero-order chi connectivity index (χ0) is 17.7. The van der Waals surface area contributed by atoms with Crippen molar-refractivity contribution < 1.29 is 21.6 Å². The van der Waals surface area contributed by atoms with Crippen molar-refractivity contribution in [3.63, 3.8) is 0 Å². The van der Waals surface area contributed by atoms with Gasteiger partial charge in [0.1, 0.15) is 5.52 Å². The molecule has 2 aromatic rings. The van der Waals surface area contributed by atoms with Crippen molar-refractivity contribution in [2.45, 2.75) is 30.4 Å². The Morgan fingerprint density at radius 2 is 2.04 bits per heavy atom. The fraction of sp³-hybridized carbons (Fsp3) is 0.400. The topological polar surface area (TPSA) is 63.4 Å². The maximum Gasteiger partial charge on any atom is 0.266 e. The fourth-order valence-corrected chi connectivity index (χ4v) is 4.34. The van der Waals surface area contributed by atoms with Gasteiger partial charge >= 0.3 is 0 Å². The average molecular weight is 376 g/mol. The minimum Gasteiger partial charge on any atom is -0.431 e. The molecule has 0 atom stereocenters. The maximum atomic E-state index is 12.5. The SMILES string of the molecule is CCN(CC)S(=O)(=O)c1ccc2oc(SCCC=C(F)F)nc2c1. The van der Waals surface area contributed by atoms with Gasteiger partial charge in [0, 0.05) is 18.8 Å². The lowest BCUT2D eigenvalue weighted by atomic mass is 10.3. The van der Waals surface area contributed by atoms with Crippen LogP contribution in [0.1, 0.15) is 20.3 Å². The molecular formula is C15H18F2N2O3S2. The van der Waals surface area contributed by atoms with E-state index in [1.54, 1.807) is 19.9 Å². The molecule has 0 aliphatic heterocycles. The smallest absolute Gasteiger partial charge is 0.266 e. The molecule has 0 aliphatic carbocycles. The Labute approximate surface area is 143 Å². The average Bonchev–Trinajstić information content (AvgIpc) is 2.94. The van der Waals surface area contributed by atoms with Crippen LogP contribution < -0.4 is 0 Å². The number of oxazole rings is 1. The van der Waals surface area contributed by atoms with Crippen molar-refractivity contribution in [3.8, 4) is 0 Å². The highest BCUT2D eigenvalue weighted by molar-refractivity contribution is 7.99. The molecule has 0 saturated carbocycles. The molecule has 0 aliphatic rings. The minimum absolute atomic E-state index is 0.158. The standard InChI is InChI=1S/C15H18F2N2O3S2/c1-3-19(4-2)24(20,21)11-7-8-13-12(10-11)18-15(22-13)23-9-5-6-14(16)17/h6-8,10H,3-5,9H2,1-2H3. The van der Waals surface area contributed by atoms with E-state index < -0.39 is 16.1 Å². The number of nitrogens with zero attached hydrogens (tertiary/aromatic N) is 2. The van der Waals surface area contributed by atoms with E-state index in [9.17, 15) is 17.2 Å². The summed E-state index contributed by atoms with van der Waals surface area (Å²) in [5, 5.41) is 0.329. The first-order valence-electron chi connectivity index (χ1n) is 7.43. The lowest BCUT2D eigenvalue weighted by molar-refractivity contribution is 0.418. The van der Waals surface area contributed by atoms with Crippen LogP contribution in [0.2, 0.25) is 0 Å². The molecule has 1 aromatic carbocycles. The highest BCUT2D eigenvalue weighted by Crippen LogP contribution is 2.27. The first kappa shape index (κ1) is 18.9. The number of benzene rings is 1. The van der Waals surface area contributed by atoms with E-state index in [1.807, 2.05) is 0 Å². The molecule has 0 bridgehead atoms. The highest BCUT2D eigenvalue weighted by Gasteiger charge is 2.22. The van der Waals surface area contributed by atoms with Crippen LogP contribution in [0.3, 0.4) is 0 Å². The van der Waals surface area contributed by atoms with E-state index in [0.717, 1.165) is 6.08 Å². The third-order valence-electron chi connectivity index (χ3n) is 3.32. The third-order valence-corrected chi connectivity index (χ3v) is 6.23. The summed E-state index contributed by atoms with van der Waals surface area (Å²) >= 11 is 1.20. The van der Waals surface area contributed by atoms with Crippen LogP contribution in [0.25, 0.3) is 11.1 Å². The Bertz CT molecular complexity index is 826. The summed E-state index contributed by atoms with van der Waals surface area (Å²) in [5.74, 6) is 0.398. The Balaban J connectivity index is 2.21. The van der Waals surface area contributed by atoms with Crippen molar-refractivity contribution in [2.75, 3.05) is 18.8 Å². The van der Waals surface area contributed by atoms with Gasteiger partial charge in [0.05, 0.1) is 4.90 Å². The van der Waals surface area contributed by atoms with Gasteiger partial charge in [0.25, 0.3) is 11.3 Å². The number of fused-ring (bicyclic) bond motifs is 1. The molecule has 1 aromatic heterocycles. The zero-order valence-electron chi connectivity index (χ0n) is 13.3. The summed E-state index contributed by atoms with van der Waals surface area (Å²) in [6.07, 6.45) is -0.669. The fourth-order valence-electron chi connectivity index (χ4n) is 2.14. The lowest BCUT2D eigenvalue weighted by Gasteiger charge is -2.18. The molecule has 0 spiro atoms. The number of sulfonamides is 1. The number of aromatic nitrogens is 1. The Kier molecular flexibility index (Phi) is 6.36. The summed E-state index contributed by atoms with van der Waals surface area (Å²) in [6, 6.07) is 4.51. The molecule has 24 heavy (non-hydrogen) atoms. The van der Waals surface area contributed by atoms with Gasteiger partial charge in [-0.25, -0.2) is 13.4 Å². The van der Waals surface area contributed by atoms with Crippen LogP contribution in [-0.2, 0) is 10.0 Å². The lowest BCUT2D eigenvalue weighted by Crippen LogP contribution is -2.30. The molecule has 0 N–H and O–H groups in total. The number of hydrogen-bond acceptors (Lipinski definition) is 5. The predicted octanol–water partition coefficient (Wildman–Crippen LogP) is 4.12. The van der Waals surface area contributed by atoms with Crippen molar-refractivity contribution in [3.05, 3.63) is 30.4 Å². The van der Waals surface area contributed by atoms with Crippen LogP contribution in [0.5, 0.6) is 0 Å². The predicted molar refractivity (Wildman–Crippen MR) is 89.8 cm³/mol. The Hall–Kier alpha value is -1.45. The summed E-state index contributed by atoms with van der Waals surface area (Å²) in [6.45, 7) is 4.32. The molecule has 132 valence electrons. The molecule has 0 amide bonds. The second-order valence-electron chi connectivity index (χ2n) is 4.83. The van der Waals surface area contributed by atoms with E-state index in [4.69, 9.17) is 4.42 Å².